The van der Waals surface area contributed by atoms with Gasteiger partial charge in [-0.25, -0.2) is 8.78 Å². The van der Waals surface area contributed by atoms with E-state index in [0.717, 1.165) is 6.07 Å². The summed E-state index contributed by atoms with van der Waals surface area (Å²) in [6, 6.07) is 8.08. The molecule has 2 rings (SSSR count). The minimum absolute atomic E-state index is 0.0157. The first-order valence-corrected chi connectivity index (χ1v) is 7.23. The van der Waals surface area contributed by atoms with Crippen LogP contribution in [0.2, 0.25) is 0 Å². The number of rotatable bonds is 5. The van der Waals surface area contributed by atoms with Crippen molar-refractivity contribution in [2.24, 2.45) is 0 Å². The molecular formula is C18H16F2N3O-. The van der Waals surface area contributed by atoms with Gasteiger partial charge in [0.25, 0.3) is 0 Å². The molecule has 0 saturated heterocycles. The highest BCUT2D eigenvalue weighted by Crippen LogP contribution is 2.20. The SMILES string of the molecule is CCOC(=N)c1cc(C(=[N-])/C=C/c2cccc(F)c2)c(N)cc1F. The molecule has 3 N–H and O–H groups in total. The normalized spacial score (nSPS) is 10.8. The third-order valence-corrected chi connectivity index (χ3v) is 3.23. The number of benzene rings is 2. The fraction of sp³-hybridized carbons (Fsp3) is 0.111. The van der Waals surface area contributed by atoms with Gasteiger partial charge in [-0.2, -0.15) is 0 Å². The molecule has 0 bridgehead atoms. The number of anilines is 1. The van der Waals surface area contributed by atoms with Crippen LogP contribution >= 0.6 is 0 Å². The molecule has 0 aliphatic heterocycles. The van der Waals surface area contributed by atoms with Gasteiger partial charge in [-0.05, 0) is 42.3 Å². The summed E-state index contributed by atoms with van der Waals surface area (Å²) in [5, 5.41) is 17.9. The number of halogens is 2. The number of nitrogen functional groups attached to an aromatic ring is 1. The summed E-state index contributed by atoms with van der Waals surface area (Å²) in [6.45, 7) is 1.89. The van der Waals surface area contributed by atoms with Crippen LogP contribution in [0.25, 0.3) is 11.5 Å². The molecule has 0 heterocycles. The second kappa shape index (κ2) is 7.50. The molecule has 0 spiro atoms. The third kappa shape index (κ3) is 4.04. The predicted molar refractivity (Wildman–Crippen MR) is 92.2 cm³/mol. The number of nitrogens with one attached hydrogen (secondary N) is 1. The van der Waals surface area contributed by atoms with Crippen molar-refractivity contribution in [3.8, 4) is 0 Å². The van der Waals surface area contributed by atoms with Crippen molar-refractivity contribution in [2.75, 3.05) is 12.3 Å². The average Bonchev–Trinajstić information content (AvgIpc) is 2.53. The van der Waals surface area contributed by atoms with Gasteiger partial charge in [-0.3, -0.25) is 5.41 Å². The number of ether oxygens (including phenoxy) is 1. The van der Waals surface area contributed by atoms with Crippen molar-refractivity contribution < 1.29 is 13.5 Å². The Bertz CT molecular complexity index is 816. The number of nitrogens with zero attached hydrogens (tertiary/aromatic N) is 1. The molecule has 0 atom stereocenters. The summed E-state index contributed by atoms with van der Waals surface area (Å²) >= 11 is 0. The maximum absolute atomic E-state index is 13.9. The first kappa shape index (κ1) is 17.3. The highest BCUT2D eigenvalue weighted by molar-refractivity contribution is 6.16. The lowest BCUT2D eigenvalue weighted by molar-refractivity contribution is 0.324. The second-order valence-electron chi connectivity index (χ2n) is 4.96. The van der Waals surface area contributed by atoms with E-state index >= 15 is 0 Å². The van der Waals surface area contributed by atoms with Gasteiger partial charge in [-0.15, -0.1) is 5.71 Å². The third-order valence-electron chi connectivity index (χ3n) is 3.23. The van der Waals surface area contributed by atoms with Crippen molar-refractivity contribution in [3.63, 3.8) is 0 Å². The minimum Gasteiger partial charge on any atom is -0.803 e. The molecule has 124 valence electrons. The summed E-state index contributed by atoms with van der Waals surface area (Å²) in [4.78, 5) is 0. The van der Waals surface area contributed by atoms with E-state index in [-0.39, 0.29) is 35.0 Å². The smallest absolute Gasteiger partial charge is 0.216 e. The number of hydrogen-bond acceptors (Lipinski definition) is 3. The van der Waals surface area contributed by atoms with E-state index in [1.807, 2.05) is 0 Å². The van der Waals surface area contributed by atoms with Crippen LogP contribution in [0.1, 0.15) is 23.6 Å². The standard InChI is InChI=1S/C18H16F2N3O/c1-2-24-18(23)13-9-14(17(22)10-15(13)20)16(21)7-6-11-4-3-5-12(19)8-11/h3-10,23H,2,22H2,1H3/q-1/b7-6+,23-18?. The molecule has 24 heavy (non-hydrogen) atoms. The molecule has 0 aliphatic rings. The quantitative estimate of drug-likeness (QED) is 0.494. The van der Waals surface area contributed by atoms with Crippen molar-refractivity contribution in [2.45, 2.75) is 6.92 Å². The maximum Gasteiger partial charge on any atom is 0.216 e. The monoisotopic (exact) mass is 328 g/mol. The van der Waals surface area contributed by atoms with Crippen LogP contribution in [0.4, 0.5) is 14.5 Å². The molecule has 0 amide bonds. The minimum atomic E-state index is -0.711. The van der Waals surface area contributed by atoms with Crippen LogP contribution in [-0.4, -0.2) is 18.2 Å². The Morgan fingerprint density at radius 2 is 2.00 bits per heavy atom. The van der Waals surface area contributed by atoms with E-state index in [0.29, 0.717) is 5.56 Å². The number of nitrogens with two attached hydrogens (primary N) is 1. The zero-order chi connectivity index (χ0) is 17.7. The van der Waals surface area contributed by atoms with Crippen LogP contribution in [0.3, 0.4) is 0 Å². The lowest BCUT2D eigenvalue weighted by Crippen LogP contribution is -2.11. The molecule has 2 aromatic carbocycles. The molecule has 4 nitrogen and oxygen atoms in total. The molecule has 0 fully saturated rings. The van der Waals surface area contributed by atoms with Crippen LogP contribution < -0.4 is 5.73 Å². The summed E-state index contributed by atoms with van der Waals surface area (Å²) in [5.41, 5.74) is 6.11. The molecule has 0 radical (unpaired) electrons. The fourth-order valence-corrected chi connectivity index (χ4v) is 2.08. The Morgan fingerprint density at radius 3 is 2.67 bits per heavy atom. The summed E-state index contributed by atoms with van der Waals surface area (Å²) in [7, 11) is 0. The van der Waals surface area contributed by atoms with Gasteiger partial charge in [0.05, 0.1) is 12.2 Å². The maximum atomic E-state index is 13.9. The van der Waals surface area contributed by atoms with Gasteiger partial charge in [0, 0.05) is 5.69 Å². The number of hydrogen-bond donors (Lipinski definition) is 2. The van der Waals surface area contributed by atoms with Crippen LogP contribution in [0.5, 0.6) is 0 Å². The van der Waals surface area contributed by atoms with Crippen LogP contribution in [-0.2, 0) is 4.74 Å². The van der Waals surface area contributed by atoms with Crippen LogP contribution in [0.15, 0.2) is 42.5 Å². The Kier molecular flexibility index (Phi) is 5.42. The zero-order valence-corrected chi connectivity index (χ0v) is 13.0. The largest absolute Gasteiger partial charge is 0.803 e. The summed E-state index contributed by atoms with van der Waals surface area (Å²) in [5.74, 6) is -1.46. The fourth-order valence-electron chi connectivity index (χ4n) is 2.08. The lowest BCUT2D eigenvalue weighted by atomic mass is 10.0. The predicted octanol–water partition coefficient (Wildman–Crippen LogP) is 3.98. The van der Waals surface area contributed by atoms with E-state index < -0.39 is 11.6 Å². The lowest BCUT2D eigenvalue weighted by Gasteiger charge is -2.15. The molecular weight excluding hydrogens is 312 g/mol. The van der Waals surface area contributed by atoms with E-state index in [2.05, 4.69) is 0 Å². The van der Waals surface area contributed by atoms with E-state index in [1.165, 1.54) is 30.4 Å². The van der Waals surface area contributed by atoms with Gasteiger partial charge in [0.2, 0.25) is 5.90 Å². The Labute approximate surface area is 138 Å². The van der Waals surface area contributed by atoms with Crippen molar-refractivity contribution in [1.29, 1.82) is 5.41 Å². The second-order valence-corrected chi connectivity index (χ2v) is 4.96. The van der Waals surface area contributed by atoms with Gasteiger partial charge >= 0.3 is 0 Å². The number of allylic oxidation sites excluding steroid dienone is 1. The molecule has 6 heteroatoms. The van der Waals surface area contributed by atoms with E-state index in [4.69, 9.17) is 15.9 Å². The Hall–Kier alpha value is -3.02. The molecule has 0 aromatic heterocycles. The van der Waals surface area contributed by atoms with Gasteiger partial charge in [-0.1, -0.05) is 24.3 Å². The van der Waals surface area contributed by atoms with Crippen LogP contribution in [0, 0.1) is 17.0 Å². The first-order valence-electron chi connectivity index (χ1n) is 7.23. The Balaban J connectivity index is 2.32. The first-order chi connectivity index (χ1) is 11.4. The van der Waals surface area contributed by atoms with Crippen molar-refractivity contribution >= 4 is 23.4 Å². The van der Waals surface area contributed by atoms with Gasteiger partial charge in [0.1, 0.15) is 11.6 Å². The van der Waals surface area contributed by atoms with E-state index in [9.17, 15) is 14.2 Å². The molecule has 0 unspecified atom stereocenters. The zero-order valence-electron chi connectivity index (χ0n) is 13.0. The molecule has 0 saturated carbocycles. The average molecular weight is 328 g/mol. The molecule has 2 aromatic rings. The highest BCUT2D eigenvalue weighted by atomic mass is 19.1. The molecule has 0 aliphatic carbocycles. The van der Waals surface area contributed by atoms with Gasteiger partial charge < -0.3 is 15.9 Å². The highest BCUT2D eigenvalue weighted by Gasteiger charge is 2.12. The summed E-state index contributed by atoms with van der Waals surface area (Å²) in [6.07, 6.45) is 2.82. The Morgan fingerprint density at radius 1 is 1.25 bits per heavy atom. The van der Waals surface area contributed by atoms with E-state index in [1.54, 1.807) is 19.1 Å². The van der Waals surface area contributed by atoms with Crippen molar-refractivity contribution in [1.82, 2.24) is 0 Å². The topological polar surface area (TPSA) is 81.4 Å². The van der Waals surface area contributed by atoms with Crippen molar-refractivity contribution in [3.05, 3.63) is 76.2 Å². The summed E-state index contributed by atoms with van der Waals surface area (Å²) < 4.78 is 32.0. The van der Waals surface area contributed by atoms with Gasteiger partial charge in [0.15, 0.2) is 0 Å².